The van der Waals surface area contributed by atoms with Gasteiger partial charge in [-0.2, -0.15) is 0 Å². The number of thiazole rings is 1. The quantitative estimate of drug-likeness (QED) is 0.939. The summed E-state index contributed by atoms with van der Waals surface area (Å²) >= 11 is 1.62. The molecule has 2 aromatic rings. The molecule has 3 rings (SSSR count). The first-order valence-corrected chi connectivity index (χ1v) is 7.81. The van der Waals surface area contributed by atoms with Gasteiger partial charge in [0.05, 0.1) is 17.2 Å². The summed E-state index contributed by atoms with van der Waals surface area (Å²) in [4.78, 5) is 16.7. The van der Waals surface area contributed by atoms with E-state index >= 15 is 0 Å². The third-order valence-corrected chi connectivity index (χ3v) is 5.17. The number of hydrogen-bond acceptors (Lipinski definition) is 4. The number of rotatable bonds is 4. The van der Waals surface area contributed by atoms with E-state index in [4.69, 9.17) is 14.8 Å². The Bertz CT molecular complexity index is 653. The first-order chi connectivity index (χ1) is 10.1. The van der Waals surface area contributed by atoms with Crippen LogP contribution in [0.3, 0.4) is 0 Å². The lowest BCUT2D eigenvalue weighted by molar-refractivity contribution is -0.139. The number of hydrogen-bond donors (Lipinski definition) is 1. The Morgan fingerprint density at radius 2 is 2.19 bits per heavy atom. The third-order valence-electron chi connectivity index (χ3n) is 3.77. The zero-order valence-corrected chi connectivity index (χ0v) is 12.7. The average Bonchev–Trinajstić information content (AvgIpc) is 2.92. The lowest BCUT2D eigenvalue weighted by Gasteiger charge is -2.32. The SMILES string of the molecule is CC1(CCC(=O)O)OCCc2nc(-c3ccccc3)sc21. The van der Waals surface area contributed by atoms with Gasteiger partial charge in [-0.25, -0.2) is 4.98 Å². The Hall–Kier alpha value is -1.72. The van der Waals surface area contributed by atoms with Crippen LogP contribution < -0.4 is 0 Å². The van der Waals surface area contributed by atoms with Gasteiger partial charge >= 0.3 is 5.97 Å². The summed E-state index contributed by atoms with van der Waals surface area (Å²) in [5, 5.41) is 9.90. The van der Waals surface area contributed by atoms with Gasteiger partial charge < -0.3 is 9.84 Å². The van der Waals surface area contributed by atoms with Crippen molar-refractivity contribution in [3.05, 3.63) is 40.9 Å². The molecule has 1 aliphatic rings. The molecule has 21 heavy (non-hydrogen) atoms. The van der Waals surface area contributed by atoms with Gasteiger partial charge in [0.15, 0.2) is 0 Å². The molecule has 4 nitrogen and oxygen atoms in total. The number of fused-ring (bicyclic) bond motifs is 1. The summed E-state index contributed by atoms with van der Waals surface area (Å²) in [6.45, 7) is 2.57. The molecule has 0 fully saturated rings. The number of carbonyl (C=O) groups is 1. The fraction of sp³-hybridized carbons (Fsp3) is 0.375. The maximum Gasteiger partial charge on any atom is 0.303 e. The molecular formula is C16H17NO3S. The molecule has 0 spiro atoms. The van der Waals surface area contributed by atoms with Crippen molar-refractivity contribution in [2.24, 2.45) is 0 Å². The third kappa shape index (κ3) is 2.84. The van der Waals surface area contributed by atoms with Crippen LogP contribution in [0.1, 0.15) is 30.3 Å². The van der Waals surface area contributed by atoms with E-state index in [0.29, 0.717) is 13.0 Å². The van der Waals surface area contributed by atoms with E-state index in [-0.39, 0.29) is 6.42 Å². The van der Waals surface area contributed by atoms with Crippen LogP contribution in [0, 0.1) is 0 Å². The smallest absolute Gasteiger partial charge is 0.303 e. The molecule has 0 aliphatic carbocycles. The fourth-order valence-corrected chi connectivity index (χ4v) is 3.85. The molecule has 110 valence electrons. The van der Waals surface area contributed by atoms with Crippen molar-refractivity contribution >= 4 is 17.3 Å². The van der Waals surface area contributed by atoms with Gasteiger partial charge in [-0.15, -0.1) is 11.3 Å². The minimum absolute atomic E-state index is 0.106. The summed E-state index contributed by atoms with van der Waals surface area (Å²) < 4.78 is 5.90. The Labute approximate surface area is 127 Å². The van der Waals surface area contributed by atoms with Crippen LogP contribution in [0.2, 0.25) is 0 Å². The van der Waals surface area contributed by atoms with Gasteiger partial charge in [0.1, 0.15) is 10.6 Å². The Morgan fingerprint density at radius 3 is 2.90 bits per heavy atom. The van der Waals surface area contributed by atoms with Crippen molar-refractivity contribution in [1.82, 2.24) is 4.98 Å². The van der Waals surface area contributed by atoms with Crippen LogP contribution in [0.5, 0.6) is 0 Å². The number of benzene rings is 1. The van der Waals surface area contributed by atoms with E-state index in [0.717, 1.165) is 27.6 Å². The van der Waals surface area contributed by atoms with Gasteiger partial charge in [0.25, 0.3) is 0 Å². The van der Waals surface area contributed by atoms with Crippen molar-refractivity contribution in [3.8, 4) is 10.6 Å². The van der Waals surface area contributed by atoms with Crippen molar-refractivity contribution in [2.45, 2.75) is 31.8 Å². The second-order valence-corrected chi connectivity index (χ2v) is 6.38. The fourth-order valence-electron chi connectivity index (χ4n) is 2.61. The number of carboxylic acids is 1. The maximum atomic E-state index is 10.9. The van der Waals surface area contributed by atoms with Crippen molar-refractivity contribution in [3.63, 3.8) is 0 Å². The minimum atomic E-state index is -0.792. The standard InChI is InChI=1S/C16H17NO3S/c1-16(9-7-13(18)19)14-12(8-10-20-16)17-15(21-14)11-5-3-2-4-6-11/h2-6H,7-10H2,1H3,(H,18,19). The molecule has 0 bridgehead atoms. The van der Waals surface area contributed by atoms with E-state index < -0.39 is 11.6 Å². The van der Waals surface area contributed by atoms with E-state index in [1.54, 1.807) is 11.3 Å². The monoisotopic (exact) mass is 303 g/mol. The van der Waals surface area contributed by atoms with E-state index in [9.17, 15) is 4.79 Å². The Morgan fingerprint density at radius 1 is 1.43 bits per heavy atom. The van der Waals surface area contributed by atoms with Gasteiger partial charge in [0.2, 0.25) is 0 Å². The predicted octanol–water partition coefficient (Wildman–Crippen LogP) is 3.46. The van der Waals surface area contributed by atoms with Crippen LogP contribution in [0.15, 0.2) is 30.3 Å². The molecule has 1 unspecified atom stereocenters. The van der Waals surface area contributed by atoms with Crippen molar-refractivity contribution in [1.29, 1.82) is 0 Å². The number of aliphatic carboxylic acids is 1. The zero-order valence-electron chi connectivity index (χ0n) is 11.8. The molecule has 1 aliphatic heterocycles. The number of nitrogens with zero attached hydrogens (tertiary/aromatic N) is 1. The molecule has 1 aromatic carbocycles. The molecule has 0 radical (unpaired) electrons. The Kier molecular flexibility index (Phi) is 3.78. The van der Waals surface area contributed by atoms with Crippen LogP contribution in [-0.4, -0.2) is 22.7 Å². The van der Waals surface area contributed by atoms with Gasteiger partial charge in [0, 0.05) is 18.4 Å². The minimum Gasteiger partial charge on any atom is -0.481 e. The summed E-state index contributed by atoms with van der Waals surface area (Å²) in [5.41, 5.74) is 1.62. The zero-order chi connectivity index (χ0) is 14.9. The largest absolute Gasteiger partial charge is 0.481 e. The van der Waals surface area contributed by atoms with E-state index in [2.05, 4.69) is 0 Å². The summed E-state index contributed by atoms with van der Waals surface area (Å²) in [6.07, 6.45) is 1.38. The molecule has 2 heterocycles. The highest BCUT2D eigenvalue weighted by atomic mass is 32.1. The summed E-state index contributed by atoms with van der Waals surface area (Å²) in [5.74, 6) is -0.792. The summed E-state index contributed by atoms with van der Waals surface area (Å²) in [6, 6.07) is 10.1. The highest BCUT2D eigenvalue weighted by molar-refractivity contribution is 7.15. The van der Waals surface area contributed by atoms with Crippen molar-refractivity contribution < 1.29 is 14.6 Å². The van der Waals surface area contributed by atoms with Gasteiger partial charge in [-0.05, 0) is 13.3 Å². The van der Waals surface area contributed by atoms with Crippen molar-refractivity contribution in [2.75, 3.05) is 6.61 Å². The van der Waals surface area contributed by atoms with Crippen LogP contribution in [0.4, 0.5) is 0 Å². The normalized spacial score (nSPS) is 21.0. The average molecular weight is 303 g/mol. The Balaban J connectivity index is 1.95. The first-order valence-electron chi connectivity index (χ1n) is 7.00. The first kappa shape index (κ1) is 14.2. The molecule has 1 N–H and O–H groups in total. The highest BCUT2D eigenvalue weighted by Crippen LogP contribution is 2.42. The number of ether oxygens (including phenoxy) is 1. The molecule has 0 saturated heterocycles. The van der Waals surface area contributed by atoms with Crippen LogP contribution >= 0.6 is 11.3 Å². The maximum absolute atomic E-state index is 10.9. The van der Waals surface area contributed by atoms with Gasteiger partial charge in [-0.3, -0.25) is 4.79 Å². The summed E-state index contributed by atoms with van der Waals surface area (Å²) in [7, 11) is 0. The van der Waals surface area contributed by atoms with E-state index in [1.807, 2.05) is 37.3 Å². The molecule has 1 aromatic heterocycles. The van der Waals surface area contributed by atoms with Crippen LogP contribution in [-0.2, 0) is 21.6 Å². The van der Waals surface area contributed by atoms with Crippen LogP contribution in [0.25, 0.3) is 10.6 Å². The molecule has 0 saturated carbocycles. The molecule has 1 atom stereocenters. The molecule has 5 heteroatoms. The lowest BCUT2D eigenvalue weighted by Crippen LogP contribution is -2.32. The van der Waals surface area contributed by atoms with E-state index in [1.165, 1.54) is 0 Å². The number of carboxylic acid groups (broad SMARTS) is 1. The lowest BCUT2D eigenvalue weighted by atomic mass is 9.93. The topological polar surface area (TPSA) is 59.4 Å². The second kappa shape index (κ2) is 5.58. The second-order valence-electron chi connectivity index (χ2n) is 5.38. The predicted molar refractivity (Wildman–Crippen MR) is 81.4 cm³/mol. The highest BCUT2D eigenvalue weighted by Gasteiger charge is 2.36. The van der Waals surface area contributed by atoms with Gasteiger partial charge in [-0.1, -0.05) is 30.3 Å². The molecule has 0 amide bonds. The number of aromatic nitrogens is 1. The molecular weight excluding hydrogens is 286 g/mol.